The fraction of sp³-hybridized carbons (Fsp3) is 0.318. The zero-order valence-corrected chi connectivity index (χ0v) is 17.1. The third kappa shape index (κ3) is 3.85. The maximum Gasteiger partial charge on any atom is 0.290 e. The van der Waals surface area contributed by atoms with Crippen molar-refractivity contribution < 1.29 is 14.3 Å². The number of ether oxygens (including phenoxy) is 1. The first kappa shape index (κ1) is 19.5. The van der Waals surface area contributed by atoms with Gasteiger partial charge in [-0.25, -0.2) is 4.98 Å². The van der Waals surface area contributed by atoms with Gasteiger partial charge < -0.3 is 15.0 Å². The molecule has 1 aromatic heterocycles. The molecule has 150 valence electrons. The molecule has 0 unspecified atom stereocenters. The van der Waals surface area contributed by atoms with Gasteiger partial charge in [-0.2, -0.15) is 0 Å². The molecule has 1 N–H and O–H groups in total. The van der Waals surface area contributed by atoms with Gasteiger partial charge in [-0.05, 0) is 30.5 Å². The largest absolute Gasteiger partial charge is 0.450 e. The molecule has 0 aliphatic carbocycles. The van der Waals surface area contributed by atoms with Crippen LogP contribution in [0.2, 0.25) is 5.02 Å². The van der Waals surface area contributed by atoms with E-state index in [1.54, 1.807) is 35.4 Å². The number of nitrogens with one attached hydrogen (secondary N) is 1. The minimum Gasteiger partial charge on any atom is -0.450 e. The molecule has 0 saturated heterocycles. The number of pyridine rings is 1. The van der Waals surface area contributed by atoms with E-state index in [2.05, 4.69) is 10.3 Å². The highest BCUT2D eigenvalue weighted by molar-refractivity contribution is 6.32. The molecule has 2 amide bonds. The minimum atomic E-state index is -0.614. The highest BCUT2D eigenvalue weighted by atomic mass is 35.5. The van der Waals surface area contributed by atoms with Crippen LogP contribution in [-0.4, -0.2) is 34.3 Å². The van der Waals surface area contributed by atoms with Crippen molar-refractivity contribution in [3.63, 3.8) is 0 Å². The van der Waals surface area contributed by atoms with Gasteiger partial charge in [0.2, 0.25) is 5.91 Å². The van der Waals surface area contributed by atoms with Crippen LogP contribution in [0, 0.1) is 5.92 Å². The van der Waals surface area contributed by atoms with E-state index in [1.165, 1.54) is 0 Å². The predicted octanol–water partition coefficient (Wildman–Crippen LogP) is 3.82. The van der Waals surface area contributed by atoms with Crippen LogP contribution in [0.25, 0.3) is 0 Å². The number of rotatable bonds is 5. The average Bonchev–Trinajstić information content (AvgIpc) is 3.01. The molecule has 1 atom stereocenters. The van der Waals surface area contributed by atoms with E-state index >= 15 is 0 Å². The first-order chi connectivity index (χ1) is 13.9. The molecule has 2 aromatic rings. The Kier molecular flexibility index (Phi) is 5.28. The Labute approximate surface area is 174 Å². The third-order valence-electron chi connectivity index (χ3n) is 5.08. The van der Waals surface area contributed by atoms with Gasteiger partial charge in [0.05, 0.1) is 5.02 Å². The van der Waals surface area contributed by atoms with Crippen LogP contribution in [0.15, 0.2) is 53.9 Å². The molecule has 0 fully saturated rings. The third-order valence-corrected chi connectivity index (χ3v) is 5.38. The second-order valence-corrected chi connectivity index (χ2v) is 8.13. The molecule has 0 bridgehead atoms. The van der Waals surface area contributed by atoms with Crippen molar-refractivity contribution in [3.8, 4) is 5.75 Å². The summed E-state index contributed by atoms with van der Waals surface area (Å²) in [5, 5.41) is 3.31. The Morgan fingerprint density at radius 3 is 2.83 bits per heavy atom. The fourth-order valence-corrected chi connectivity index (χ4v) is 3.97. The quantitative estimate of drug-likeness (QED) is 0.811. The molecule has 4 rings (SSSR count). The Balaban J connectivity index is 1.57. The summed E-state index contributed by atoms with van der Waals surface area (Å²) in [5.41, 5.74) is 1.83. The normalized spacial score (nSPS) is 16.4. The van der Waals surface area contributed by atoms with E-state index in [1.807, 2.05) is 26.0 Å². The number of hydrogen-bond acceptors (Lipinski definition) is 4. The van der Waals surface area contributed by atoms with E-state index in [9.17, 15) is 9.59 Å². The van der Waals surface area contributed by atoms with Crippen molar-refractivity contribution in [3.05, 3.63) is 64.5 Å². The lowest BCUT2D eigenvalue weighted by molar-refractivity contribution is -0.135. The number of benzene rings is 1. The van der Waals surface area contributed by atoms with Crippen LogP contribution in [0.4, 0.5) is 5.82 Å². The van der Waals surface area contributed by atoms with E-state index in [0.29, 0.717) is 41.7 Å². The summed E-state index contributed by atoms with van der Waals surface area (Å²) in [6, 6.07) is 10.2. The van der Waals surface area contributed by atoms with Crippen LogP contribution in [0.3, 0.4) is 0 Å². The average molecular weight is 412 g/mol. The molecule has 6 nitrogen and oxygen atoms in total. The zero-order valence-electron chi connectivity index (χ0n) is 16.3. The Bertz CT molecular complexity index is 988. The summed E-state index contributed by atoms with van der Waals surface area (Å²) in [7, 11) is 0. The van der Waals surface area contributed by atoms with Crippen molar-refractivity contribution in [2.24, 2.45) is 5.92 Å². The summed E-state index contributed by atoms with van der Waals surface area (Å²) < 4.78 is 5.89. The second-order valence-electron chi connectivity index (χ2n) is 7.72. The zero-order chi connectivity index (χ0) is 20.5. The molecule has 0 radical (unpaired) electrons. The van der Waals surface area contributed by atoms with Crippen LogP contribution < -0.4 is 10.1 Å². The van der Waals surface area contributed by atoms with Crippen LogP contribution in [0.1, 0.15) is 25.8 Å². The molecule has 3 heterocycles. The SMILES string of the molecule is CC(C)C[C@@H](C(=O)Nc1ccccn1)N1CC2=C(Oc3c(Cl)cccc3C2)C1=O. The monoisotopic (exact) mass is 411 g/mol. The molecule has 7 heteroatoms. The number of aromatic nitrogens is 1. The summed E-state index contributed by atoms with van der Waals surface area (Å²) in [6.45, 7) is 4.43. The number of hydrogen-bond donors (Lipinski definition) is 1. The topological polar surface area (TPSA) is 71.5 Å². The lowest BCUT2D eigenvalue weighted by atomic mass is 10.0. The van der Waals surface area contributed by atoms with Crippen LogP contribution in [0.5, 0.6) is 5.75 Å². The second kappa shape index (κ2) is 7.87. The van der Waals surface area contributed by atoms with Gasteiger partial charge in [0, 0.05) is 30.3 Å². The van der Waals surface area contributed by atoms with E-state index in [0.717, 1.165) is 11.1 Å². The van der Waals surface area contributed by atoms with Gasteiger partial charge in [0.1, 0.15) is 17.6 Å². The fourth-order valence-electron chi connectivity index (χ4n) is 3.74. The summed E-state index contributed by atoms with van der Waals surface area (Å²) in [4.78, 5) is 31.9. The first-order valence-corrected chi connectivity index (χ1v) is 10.0. The number of halogens is 1. The lowest BCUT2D eigenvalue weighted by Crippen LogP contribution is -2.46. The van der Waals surface area contributed by atoms with Crippen LogP contribution in [-0.2, 0) is 16.0 Å². The van der Waals surface area contributed by atoms with Gasteiger partial charge >= 0.3 is 0 Å². The molecule has 1 aromatic carbocycles. The number of carbonyl (C=O) groups is 2. The molecule has 0 saturated carbocycles. The molecular weight excluding hydrogens is 390 g/mol. The summed E-state index contributed by atoms with van der Waals surface area (Å²) >= 11 is 6.25. The van der Waals surface area contributed by atoms with Crippen molar-refractivity contribution in [2.75, 3.05) is 11.9 Å². The van der Waals surface area contributed by atoms with Gasteiger partial charge in [-0.3, -0.25) is 9.59 Å². The van der Waals surface area contributed by atoms with E-state index < -0.39 is 6.04 Å². The maximum atomic E-state index is 13.1. The summed E-state index contributed by atoms with van der Waals surface area (Å²) in [6.07, 6.45) is 2.74. The number of fused-ring (bicyclic) bond motifs is 1. The smallest absolute Gasteiger partial charge is 0.290 e. The van der Waals surface area contributed by atoms with Crippen molar-refractivity contribution in [1.82, 2.24) is 9.88 Å². The summed E-state index contributed by atoms with van der Waals surface area (Å²) in [5.74, 6) is 0.999. The molecule has 2 aliphatic rings. The minimum absolute atomic E-state index is 0.229. The van der Waals surface area contributed by atoms with Gasteiger partial charge in [0.15, 0.2) is 5.76 Å². The van der Waals surface area contributed by atoms with Gasteiger partial charge in [-0.15, -0.1) is 0 Å². The lowest BCUT2D eigenvalue weighted by Gasteiger charge is -2.28. The van der Waals surface area contributed by atoms with Crippen molar-refractivity contribution in [1.29, 1.82) is 0 Å². The number of amides is 2. The number of carbonyl (C=O) groups excluding carboxylic acids is 2. The Morgan fingerprint density at radius 2 is 2.10 bits per heavy atom. The maximum absolute atomic E-state index is 13.1. The molecular formula is C22H22ClN3O3. The molecule has 0 spiro atoms. The predicted molar refractivity (Wildman–Crippen MR) is 111 cm³/mol. The standard InChI is InChI=1S/C22H22ClN3O3/c1-13(2)10-17(21(27)25-18-8-3-4-9-24-18)26-12-15-11-14-6-5-7-16(23)19(14)29-20(15)22(26)28/h3-9,13,17H,10-12H2,1-2H3,(H,24,25,27)/t17-/m0/s1. The number of anilines is 1. The highest BCUT2D eigenvalue weighted by Gasteiger charge is 2.42. The number of para-hydroxylation sites is 1. The van der Waals surface area contributed by atoms with Gasteiger partial charge in [-0.1, -0.05) is 43.6 Å². The number of nitrogens with zero attached hydrogens (tertiary/aromatic N) is 2. The Hall–Kier alpha value is -2.86. The van der Waals surface area contributed by atoms with Crippen LogP contribution >= 0.6 is 11.6 Å². The highest BCUT2D eigenvalue weighted by Crippen LogP contribution is 2.39. The van der Waals surface area contributed by atoms with E-state index in [4.69, 9.17) is 16.3 Å². The Morgan fingerprint density at radius 1 is 1.28 bits per heavy atom. The van der Waals surface area contributed by atoms with E-state index in [-0.39, 0.29) is 17.7 Å². The molecule has 2 aliphatic heterocycles. The van der Waals surface area contributed by atoms with Crippen molar-refractivity contribution in [2.45, 2.75) is 32.7 Å². The van der Waals surface area contributed by atoms with Crippen molar-refractivity contribution >= 4 is 29.2 Å². The molecule has 29 heavy (non-hydrogen) atoms. The first-order valence-electron chi connectivity index (χ1n) is 9.64. The van der Waals surface area contributed by atoms with Gasteiger partial charge in [0.25, 0.3) is 5.91 Å².